The quantitative estimate of drug-likeness (QED) is 0.386. The summed E-state index contributed by atoms with van der Waals surface area (Å²) in [6.45, 7) is 0.288. The highest BCUT2D eigenvalue weighted by Crippen LogP contribution is 2.56. The summed E-state index contributed by atoms with van der Waals surface area (Å²) in [5.41, 5.74) is 0. The van der Waals surface area contributed by atoms with Crippen molar-refractivity contribution in [3.8, 4) is 0 Å². The summed E-state index contributed by atoms with van der Waals surface area (Å²) >= 11 is 0. The van der Waals surface area contributed by atoms with E-state index in [1.165, 1.54) is 0 Å². The molecular weight excluding hydrogens is 417 g/mol. The van der Waals surface area contributed by atoms with Gasteiger partial charge < -0.3 is 0 Å². The lowest BCUT2D eigenvalue weighted by atomic mass is 9.93. The summed E-state index contributed by atoms with van der Waals surface area (Å²) in [6, 6.07) is 0. The van der Waals surface area contributed by atoms with Gasteiger partial charge in [0.25, 0.3) is 0 Å². The Balaban J connectivity index is 5.66. The standard InChI is InChI=1S/C11H9F15/c1-2-5(12,13)8(18,19)6(14,15)3-4-7(16,17)9(20,21)10(22,23)11(24,25)26/h2-4H2,1H3. The first kappa shape index (κ1) is 24.9. The van der Waals surface area contributed by atoms with Crippen molar-refractivity contribution in [2.24, 2.45) is 0 Å². The minimum Gasteiger partial charge on any atom is -0.200 e. The van der Waals surface area contributed by atoms with E-state index in [-0.39, 0.29) is 6.92 Å². The maximum absolute atomic E-state index is 13.1. The van der Waals surface area contributed by atoms with Crippen LogP contribution in [0, 0.1) is 0 Å². The number of alkyl halides is 15. The number of rotatable bonds is 8. The molecule has 0 aromatic rings. The van der Waals surface area contributed by atoms with Crippen LogP contribution in [0.3, 0.4) is 0 Å². The Hall–Kier alpha value is -1.05. The van der Waals surface area contributed by atoms with Gasteiger partial charge in [0.1, 0.15) is 0 Å². The summed E-state index contributed by atoms with van der Waals surface area (Å²) in [6.07, 6.45) is -15.7. The van der Waals surface area contributed by atoms with Crippen LogP contribution in [0.15, 0.2) is 0 Å². The molecule has 0 aliphatic heterocycles. The molecule has 0 saturated heterocycles. The van der Waals surface area contributed by atoms with Gasteiger partial charge in [-0.15, -0.1) is 0 Å². The Bertz CT molecular complexity index is 486. The zero-order valence-corrected chi connectivity index (χ0v) is 12.3. The largest absolute Gasteiger partial charge is 0.460 e. The number of hydrogen-bond acceptors (Lipinski definition) is 0. The van der Waals surface area contributed by atoms with E-state index < -0.39 is 61.0 Å². The molecule has 0 rings (SSSR count). The van der Waals surface area contributed by atoms with Crippen molar-refractivity contribution in [1.82, 2.24) is 0 Å². The lowest BCUT2D eigenvalue weighted by Crippen LogP contribution is -2.61. The summed E-state index contributed by atoms with van der Waals surface area (Å²) in [7, 11) is 0. The number of hydrogen-bond donors (Lipinski definition) is 0. The third-order valence-corrected chi connectivity index (χ3v) is 3.33. The van der Waals surface area contributed by atoms with Crippen LogP contribution in [0.2, 0.25) is 0 Å². The molecule has 0 aromatic heterocycles. The molecular formula is C11H9F15. The molecule has 0 amide bonds. The summed E-state index contributed by atoms with van der Waals surface area (Å²) in [5.74, 6) is -39.3. The second-order valence-corrected chi connectivity index (χ2v) is 5.19. The van der Waals surface area contributed by atoms with Crippen LogP contribution < -0.4 is 0 Å². The summed E-state index contributed by atoms with van der Waals surface area (Å²) < 4.78 is 190. The van der Waals surface area contributed by atoms with E-state index in [1.807, 2.05) is 0 Å². The number of halogens is 15. The van der Waals surface area contributed by atoms with Crippen LogP contribution in [0.25, 0.3) is 0 Å². The van der Waals surface area contributed by atoms with Crippen LogP contribution in [-0.2, 0) is 0 Å². The lowest BCUT2D eigenvalue weighted by molar-refractivity contribution is -0.398. The van der Waals surface area contributed by atoms with Gasteiger partial charge in [0.05, 0.1) is 0 Å². The molecule has 0 aliphatic rings. The van der Waals surface area contributed by atoms with Gasteiger partial charge in [0.15, 0.2) is 0 Å². The second kappa shape index (κ2) is 6.53. The average molecular weight is 426 g/mol. The van der Waals surface area contributed by atoms with Gasteiger partial charge in [-0.05, 0) is 0 Å². The molecule has 0 unspecified atom stereocenters. The minimum atomic E-state index is -7.41. The molecule has 0 saturated carbocycles. The fourth-order valence-electron chi connectivity index (χ4n) is 1.53. The summed E-state index contributed by atoms with van der Waals surface area (Å²) in [5, 5.41) is 0. The normalized spacial score (nSPS) is 16.2. The molecule has 0 radical (unpaired) electrons. The van der Waals surface area contributed by atoms with Gasteiger partial charge in [-0.3, -0.25) is 0 Å². The van der Waals surface area contributed by atoms with Gasteiger partial charge in [0, 0.05) is 19.3 Å². The van der Waals surface area contributed by atoms with E-state index in [0.29, 0.717) is 0 Å². The molecule has 158 valence electrons. The third-order valence-electron chi connectivity index (χ3n) is 3.33. The maximum Gasteiger partial charge on any atom is 0.460 e. The highest BCUT2D eigenvalue weighted by Gasteiger charge is 2.82. The van der Waals surface area contributed by atoms with Crippen molar-refractivity contribution < 1.29 is 65.9 Å². The van der Waals surface area contributed by atoms with Crippen LogP contribution in [0.1, 0.15) is 26.2 Å². The van der Waals surface area contributed by atoms with Crippen LogP contribution in [0.4, 0.5) is 65.9 Å². The average Bonchev–Trinajstić information content (AvgIpc) is 2.43. The van der Waals surface area contributed by atoms with Crippen LogP contribution in [0.5, 0.6) is 0 Å². The van der Waals surface area contributed by atoms with Gasteiger partial charge in [-0.1, -0.05) is 6.92 Å². The molecule has 0 aromatic carbocycles. The highest BCUT2D eigenvalue weighted by atomic mass is 19.4. The highest BCUT2D eigenvalue weighted by molar-refractivity contribution is 5.02. The van der Waals surface area contributed by atoms with Crippen molar-refractivity contribution in [2.45, 2.75) is 67.9 Å². The topological polar surface area (TPSA) is 0 Å². The van der Waals surface area contributed by atoms with Crippen molar-refractivity contribution >= 4 is 0 Å². The Morgan fingerprint density at radius 2 is 0.731 bits per heavy atom. The maximum atomic E-state index is 13.1. The zero-order valence-electron chi connectivity index (χ0n) is 12.3. The SMILES string of the molecule is CCC(F)(F)C(F)(F)C(F)(F)CCC(F)(F)C(F)(F)C(F)(F)C(F)(F)F. The second-order valence-electron chi connectivity index (χ2n) is 5.19. The first-order valence-corrected chi connectivity index (χ1v) is 6.35. The summed E-state index contributed by atoms with van der Waals surface area (Å²) in [4.78, 5) is 0. The molecule has 0 aliphatic carbocycles. The predicted molar refractivity (Wildman–Crippen MR) is 55.3 cm³/mol. The molecule has 0 fully saturated rings. The van der Waals surface area contributed by atoms with E-state index in [9.17, 15) is 65.9 Å². The Morgan fingerprint density at radius 1 is 0.423 bits per heavy atom. The van der Waals surface area contributed by atoms with Crippen molar-refractivity contribution in [3.05, 3.63) is 0 Å². The van der Waals surface area contributed by atoms with Crippen molar-refractivity contribution in [3.63, 3.8) is 0 Å². The molecule has 0 spiro atoms. The van der Waals surface area contributed by atoms with Crippen molar-refractivity contribution in [1.29, 1.82) is 0 Å². The Morgan fingerprint density at radius 3 is 1.00 bits per heavy atom. The van der Waals surface area contributed by atoms with E-state index in [0.717, 1.165) is 0 Å². The fraction of sp³-hybridized carbons (Fsp3) is 1.00. The molecule has 0 bridgehead atoms. The zero-order chi connectivity index (χ0) is 21.6. The molecule has 0 heterocycles. The Labute approximate surface area is 135 Å². The molecule has 0 atom stereocenters. The monoisotopic (exact) mass is 426 g/mol. The lowest BCUT2D eigenvalue weighted by Gasteiger charge is -2.36. The van der Waals surface area contributed by atoms with Crippen molar-refractivity contribution in [2.75, 3.05) is 0 Å². The van der Waals surface area contributed by atoms with E-state index in [1.54, 1.807) is 0 Å². The minimum absolute atomic E-state index is 0.288. The van der Waals surface area contributed by atoms with E-state index in [4.69, 9.17) is 0 Å². The van der Waals surface area contributed by atoms with Gasteiger partial charge >= 0.3 is 41.7 Å². The van der Waals surface area contributed by atoms with Crippen LogP contribution >= 0.6 is 0 Å². The first-order valence-electron chi connectivity index (χ1n) is 6.35. The first-order chi connectivity index (χ1) is 11.0. The smallest absolute Gasteiger partial charge is 0.200 e. The Kier molecular flexibility index (Phi) is 6.27. The van der Waals surface area contributed by atoms with E-state index in [2.05, 4.69) is 0 Å². The molecule has 26 heavy (non-hydrogen) atoms. The van der Waals surface area contributed by atoms with Crippen LogP contribution in [-0.4, -0.2) is 41.7 Å². The van der Waals surface area contributed by atoms with E-state index >= 15 is 0 Å². The molecule has 0 N–H and O–H groups in total. The fourth-order valence-corrected chi connectivity index (χ4v) is 1.53. The van der Waals surface area contributed by atoms with Gasteiger partial charge in [0.2, 0.25) is 0 Å². The van der Waals surface area contributed by atoms with Gasteiger partial charge in [-0.2, -0.15) is 65.9 Å². The predicted octanol–water partition coefficient (Wildman–Crippen LogP) is 6.55. The molecule has 15 heteroatoms. The molecule has 0 nitrogen and oxygen atoms in total. The van der Waals surface area contributed by atoms with Gasteiger partial charge in [-0.25, -0.2) is 0 Å². The third kappa shape index (κ3) is 3.80.